The standard InChI is InChI=1S/C8H14O3/c1-3-10-8-6(2)7(9)4-5-11-8/h6,8H,3-5H2,1-2H3. The van der Waals surface area contributed by atoms with E-state index in [4.69, 9.17) is 9.47 Å². The number of hydrogen-bond acceptors (Lipinski definition) is 3. The quantitative estimate of drug-likeness (QED) is 0.600. The highest BCUT2D eigenvalue weighted by molar-refractivity contribution is 5.81. The van der Waals surface area contributed by atoms with Gasteiger partial charge in [0.15, 0.2) is 6.29 Å². The van der Waals surface area contributed by atoms with E-state index >= 15 is 0 Å². The predicted molar refractivity (Wildman–Crippen MR) is 40.2 cm³/mol. The minimum atomic E-state index is -0.304. The molecule has 0 aromatic rings. The van der Waals surface area contributed by atoms with Crippen LogP contribution in [0.4, 0.5) is 0 Å². The lowest BCUT2D eigenvalue weighted by Crippen LogP contribution is -2.36. The monoisotopic (exact) mass is 158 g/mol. The second-order valence-corrected chi connectivity index (χ2v) is 2.70. The number of ether oxygens (including phenoxy) is 2. The van der Waals surface area contributed by atoms with Crippen molar-refractivity contribution in [1.82, 2.24) is 0 Å². The van der Waals surface area contributed by atoms with Crippen molar-refractivity contribution in [2.24, 2.45) is 5.92 Å². The van der Waals surface area contributed by atoms with Crippen LogP contribution in [0.5, 0.6) is 0 Å². The lowest BCUT2D eigenvalue weighted by molar-refractivity contribution is -0.189. The van der Waals surface area contributed by atoms with Crippen LogP contribution in [-0.4, -0.2) is 25.3 Å². The first-order valence-electron chi connectivity index (χ1n) is 4.01. The molecule has 0 bridgehead atoms. The maximum Gasteiger partial charge on any atom is 0.166 e. The summed E-state index contributed by atoms with van der Waals surface area (Å²) < 4.78 is 10.5. The summed E-state index contributed by atoms with van der Waals surface area (Å²) in [5.74, 6) is 0.151. The van der Waals surface area contributed by atoms with E-state index in [1.54, 1.807) is 0 Å². The van der Waals surface area contributed by atoms with Gasteiger partial charge in [0.1, 0.15) is 5.78 Å². The molecule has 64 valence electrons. The largest absolute Gasteiger partial charge is 0.352 e. The van der Waals surface area contributed by atoms with Crippen LogP contribution in [0.1, 0.15) is 20.3 Å². The van der Waals surface area contributed by atoms with Gasteiger partial charge in [-0.25, -0.2) is 0 Å². The van der Waals surface area contributed by atoms with Crippen molar-refractivity contribution in [3.05, 3.63) is 0 Å². The number of Topliss-reactive ketones (excluding diaryl/α,β-unsaturated/α-hetero) is 1. The molecule has 1 fully saturated rings. The topological polar surface area (TPSA) is 35.5 Å². The number of carbonyl (C=O) groups is 1. The van der Waals surface area contributed by atoms with E-state index < -0.39 is 0 Å². The van der Waals surface area contributed by atoms with Crippen molar-refractivity contribution in [2.75, 3.05) is 13.2 Å². The molecule has 2 atom stereocenters. The van der Waals surface area contributed by atoms with Gasteiger partial charge in [-0.1, -0.05) is 6.92 Å². The van der Waals surface area contributed by atoms with Gasteiger partial charge in [-0.3, -0.25) is 4.79 Å². The molecule has 0 amide bonds. The summed E-state index contributed by atoms with van der Waals surface area (Å²) in [7, 11) is 0. The molecule has 0 aliphatic carbocycles. The molecule has 0 radical (unpaired) electrons. The zero-order valence-electron chi connectivity index (χ0n) is 7.00. The maximum absolute atomic E-state index is 11.1. The number of rotatable bonds is 2. The van der Waals surface area contributed by atoms with Crippen LogP contribution in [0.2, 0.25) is 0 Å². The van der Waals surface area contributed by atoms with E-state index in [-0.39, 0.29) is 18.0 Å². The maximum atomic E-state index is 11.1. The second kappa shape index (κ2) is 3.83. The molecule has 0 N–H and O–H groups in total. The third kappa shape index (κ3) is 2.01. The normalized spacial score (nSPS) is 32.4. The molecule has 0 saturated carbocycles. The number of ketones is 1. The van der Waals surface area contributed by atoms with Crippen LogP contribution in [0.15, 0.2) is 0 Å². The second-order valence-electron chi connectivity index (χ2n) is 2.70. The van der Waals surface area contributed by atoms with E-state index in [0.717, 1.165) is 0 Å². The number of hydrogen-bond donors (Lipinski definition) is 0. The predicted octanol–water partition coefficient (Wildman–Crippen LogP) is 0.975. The summed E-state index contributed by atoms with van der Waals surface area (Å²) in [5, 5.41) is 0. The van der Waals surface area contributed by atoms with E-state index in [1.807, 2.05) is 13.8 Å². The molecule has 0 aromatic carbocycles. The minimum Gasteiger partial charge on any atom is -0.352 e. The smallest absolute Gasteiger partial charge is 0.166 e. The Balaban J connectivity index is 2.44. The molecular weight excluding hydrogens is 144 g/mol. The van der Waals surface area contributed by atoms with Crippen molar-refractivity contribution >= 4 is 5.78 Å². The van der Waals surface area contributed by atoms with Gasteiger partial charge in [-0.05, 0) is 6.92 Å². The average molecular weight is 158 g/mol. The van der Waals surface area contributed by atoms with Crippen LogP contribution in [0.3, 0.4) is 0 Å². The van der Waals surface area contributed by atoms with Crippen LogP contribution in [0, 0.1) is 5.92 Å². The summed E-state index contributed by atoms with van der Waals surface area (Å²) >= 11 is 0. The Labute approximate surface area is 66.7 Å². The molecule has 1 aliphatic heterocycles. The van der Waals surface area contributed by atoms with E-state index in [1.165, 1.54) is 0 Å². The lowest BCUT2D eigenvalue weighted by atomic mass is 10.0. The first kappa shape index (κ1) is 8.68. The Morgan fingerprint density at radius 2 is 2.45 bits per heavy atom. The van der Waals surface area contributed by atoms with Gasteiger partial charge in [0.25, 0.3) is 0 Å². The van der Waals surface area contributed by atoms with Crippen molar-refractivity contribution in [3.63, 3.8) is 0 Å². The van der Waals surface area contributed by atoms with Gasteiger partial charge in [0.05, 0.1) is 12.5 Å². The Morgan fingerprint density at radius 3 is 3.09 bits per heavy atom. The number of carbonyl (C=O) groups excluding carboxylic acids is 1. The van der Waals surface area contributed by atoms with E-state index in [0.29, 0.717) is 19.6 Å². The molecule has 3 heteroatoms. The molecule has 0 aromatic heterocycles. The zero-order chi connectivity index (χ0) is 8.27. The van der Waals surface area contributed by atoms with Gasteiger partial charge in [-0.2, -0.15) is 0 Å². The fourth-order valence-electron chi connectivity index (χ4n) is 1.16. The first-order valence-corrected chi connectivity index (χ1v) is 4.01. The summed E-state index contributed by atoms with van der Waals surface area (Å²) in [6.07, 6.45) is 0.228. The Kier molecular flexibility index (Phi) is 3.02. The molecule has 2 unspecified atom stereocenters. The summed E-state index contributed by atoms with van der Waals surface area (Å²) in [6.45, 7) is 4.85. The highest BCUT2D eigenvalue weighted by Gasteiger charge is 2.28. The molecule has 1 rings (SSSR count). The summed E-state index contributed by atoms with van der Waals surface area (Å²) in [4.78, 5) is 11.1. The van der Waals surface area contributed by atoms with Crippen molar-refractivity contribution in [3.8, 4) is 0 Å². The van der Waals surface area contributed by atoms with E-state index in [9.17, 15) is 4.79 Å². The highest BCUT2D eigenvalue weighted by atomic mass is 16.7. The van der Waals surface area contributed by atoms with Gasteiger partial charge >= 0.3 is 0 Å². The molecule has 1 aliphatic rings. The molecule has 0 spiro atoms. The van der Waals surface area contributed by atoms with Gasteiger partial charge in [-0.15, -0.1) is 0 Å². The Morgan fingerprint density at radius 1 is 1.73 bits per heavy atom. The molecular formula is C8H14O3. The Hall–Kier alpha value is -0.410. The highest BCUT2D eigenvalue weighted by Crippen LogP contribution is 2.17. The van der Waals surface area contributed by atoms with Crippen LogP contribution >= 0.6 is 0 Å². The molecule has 1 heterocycles. The third-order valence-corrected chi connectivity index (χ3v) is 1.88. The van der Waals surface area contributed by atoms with Crippen molar-refractivity contribution < 1.29 is 14.3 Å². The molecule has 3 nitrogen and oxygen atoms in total. The summed E-state index contributed by atoms with van der Waals surface area (Å²) in [6, 6.07) is 0. The van der Waals surface area contributed by atoms with Gasteiger partial charge in [0.2, 0.25) is 0 Å². The van der Waals surface area contributed by atoms with Crippen molar-refractivity contribution in [1.29, 1.82) is 0 Å². The average Bonchev–Trinajstić information content (AvgIpc) is 1.99. The van der Waals surface area contributed by atoms with Crippen LogP contribution in [0.25, 0.3) is 0 Å². The minimum absolute atomic E-state index is 0.0938. The summed E-state index contributed by atoms with van der Waals surface area (Å²) in [5.41, 5.74) is 0. The fourth-order valence-corrected chi connectivity index (χ4v) is 1.16. The van der Waals surface area contributed by atoms with Crippen LogP contribution < -0.4 is 0 Å². The molecule has 1 saturated heterocycles. The lowest BCUT2D eigenvalue weighted by Gasteiger charge is -2.27. The van der Waals surface area contributed by atoms with Gasteiger partial charge in [0, 0.05) is 13.0 Å². The first-order chi connectivity index (χ1) is 5.25. The molecule has 11 heavy (non-hydrogen) atoms. The van der Waals surface area contributed by atoms with Crippen LogP contribution in [-0.2, 0) is 14.3 Å². The Bertz CT molecular complexity index is 142. The fraction of sp³-hybridized carbons (Fsp3) is 0.875. The SMILES string of the molecule is CCOC1OCCC(=O)C1C. The van der Waals surface area contributed by atoms with Crippen molar-refractivity contribution in [2.45, 2.75) is 26.6 Å². The van der Waals surface area contributed by atoms with E-state index in [2.05, 4.69) is 0 Å². The van der Waals surface area contributed by atoms with Gasteiger partial charge < -0.3 is 9.47 Å². The zero-order valence-corrected chi connectivity index (χ0v) is 7.00. The third-order valence-electron chi connectivity index (χ3n) is 1.88.